The highest BCUT2D eigenvalue weighted by Gasteiger charge is 2.05. The summed E-state index contributed by atoms with van der Waals surface area (Å²) in [5.74, 6) is 1.58. The average Bonchev–Trinajstić information content (AvgIpc) is 2.35. The van der Waals surface area contributed by atoms with E-state index in [2.05, 4.69) is 23.2 Å². The number of para-hydroxylation sites is 1. The van der Waals surface area contributed by atoms with Gasteiger partial charge in [-0.25, -0.2) is 0 Å². The summed E-state index contributed by atoms with van der Waals surface area (Å²) in [5.41, 5.74) is 2.13. The molecule has 0 saturated heterocycles. The zero-order chi connectivity index (χ0) is 13.4. The van der Waals surface area contributed by atoms with E-state index >= 15 is 0 Å². The number of benzene rings is 1. The predicted molar refractivity (Wildman–Crippen MR) is 80.3 cm³/mol. The highest BCUT2D eigenvalue weighted by atomic mass is 32.2. The Morgan fingerprint density at radius 3 is 2.72 bits per heavy atom. The Balaban J connectivity index is 2.35. The van der Waals surface area contributed by atoms with Crippen molar-refractivity contribution in [2.75, 3.05) is 37.5 Å². The van der Waals surface area contributed by atoms with E-state index in [4.69, 9.17) is 0 Å². The van der Waals surface area contributed by atoms with Crippen molar-refractivity contribution in [3.63, 3.8) is 0 Å². The van der Waals surface area contributed by atoms with Gasteiger partial charge >= 0.3 is 0 Å². The molecule has 1 aromatic carbocycles. The van der Waals surface area contributed by atoms with E-state index in [0.717, 1.165) is 24.4 Å². The van der Waals surface area contributed by atoms with Crippen molar-refractivity contribution < 1.29 is 4.79 Å². The fraction of sp³-hybridized carbons (Fsp3) is 0.500. The molecule has 1 N–H and O–H groups in total. The van der Waals surface area contributed by atoms with Gasteiger partial charge in [-0.05, 0) is 32.1 Å². The maximum Gasteiger partial charge on any atom is 0.234 e. The van der Waals surface area contributed by atoms with Crippen molar-refractivity contribution in [3.05, 3.63) is 29.8 Å². The lowest BCUT2D eigenvalue weighted by Gasteiger charge is -2.10. The van der Waals surface area contributed by atoms with Gasteiger partial charge in [0, 0.05) is 18.0 Å². The third-order valence-electron chi connectivity index (χ3n) is 2.59. The molecule has 1 rings (SSSR count). The summed E-state index contributed by atoms with van der Waals surface area (Å²) >= 11 is 1.67. The Kier molecular flexibility index (Phi) is 6.83. The summed E-state index contributed by atoms with van der Waals surface area (Å²) in [4.78, 5) is 13.9. The highest BCUT2D eigenvalue weighted by molar-refractivity contribution is 7.99. The van der Waals surface area contributed by atoms with Crippen LogP contribution in [0.5, 0.6) is 0 Å². The zero-order valence-electron chi connectivity index (χ0n) is 11.4. The first-order valence-corrected chi connectivity index (χ1v) is 7.39. The summed E-state index contributed by atoms with van der Waals surface area (Å²) in [6, 6.07) is 7.96. The molecule has 0 aliphatic rings. The number of rotatable bonds is 7. The lowest BCUT2D eigenvalue weighted by Crippen LogP contribution is -2.18. The number of carbonyl (C=O) groups excluding carboxylic acids is 1. The van der Waals surface area contributed by atoms with E-state index < -0.39 is 0 Å². The predicted octanol–water partition coefficient (Wildman–Crippen LogP) is 2.48. The van der Waals surface area contributed by atoms with E-state index in [1.54, 1.807) is 11.8 Å². The Bertz CT molecular complexity index is 380. The van der Waals surface area contributed by atoms with Crippen LogP contribution in [0.1, 0.15) is 12.5 Å². The van der Waals surface area contributed by atoms with Crippen LogP contribution in [0.2, 0.25) is 0 Å². The molecule has 0 radical (unpaired) electrons. The van der Waals surface area contributed by atoms with Crippen LogP contribution in [0.15, 0.2) is 24.3 Å². The van der Waals surface area contributed by atoms with Crippen molar-refractivity contribution in [1.29, 1.82) is 0 Å². The molecule has 0 bridgehead atoms. The second-order valence-corrected chi connectivity index (χ2v) is 5.52. The molecule has 0 heterocycles. The first kappa shape index (κ1) is 15.1. The van der Waals surface area contributed by atoms with Crippen molar-refractivity contribution in [1.82, 2.24) is 4.90 Å². The Morgan fingerprint density at radius 2 is 2.06 bits per heavy atom. The van der Waals surface area contributed by atoms with Gasteiger partial charge in [0.2, 0.25) is 5.91 Å². The minimum Gasteiger partial charge on any atom is -0.325 e. The molecule has 0 spiro atoms. The molecule has 0 aromatic heterocycles. The van der Waals surface area contributed by atoms with E-state index in [9.17, 15) is 4.79 Å². The molecule has 0 aliphatic heterocycles. The van der Waals surface area contributed by atoms with Crippen LogP contribution in [-0.2, 0) is 11.2 Å². The Hall–Kier alpha value is -1.000. The van der Waals surface area contributed by atoms with Crippen LogP contribution in [0.4, 0.5) is 5.69 Å². The average molecular weight is 266 g/mol. The molecule has 0 fully saturated rings. The van der Waals surface area contributed by atoms with Crippen molar-refractivity contribution in [2.45, 2.75) is 13.3 Å². The van der Waals surface area contributed by atoms with Gasteiger partial charge in [-0.3, -0.25) is 4.79 Å². The molecule has 0 unspecified atom stereocenters. The van der Waals surface area contributed by atoms with Crippen LogP contribution in [0.3, 0.4) is 0 Å². The van der Waals surface area contributed by atoms with Gasteiger partial charge in [0.15, 0.2) is 0 Å². The lowest BCUT2D eigenvalue weighted by atomic mass is 10.1. The van der Waals surface area contributed by atoms with E-state index in [-0.39, 0.29) is 5.91 Å². The summed E-state index contributed by atoms with van der Waals surface area (Å²) in [6.45, 7) is 3.10. The monoisotopic (exact) mass is 266 g/mol. The SMILES string of the molecule is CCc1ccccc1NC(=O)CSCCN(C)C. The van der Waals surface area contributed by atoms with E-state index in [0.29, 0.717) is 5.75 Å². The number of thioether (sulfide) groups is 1. The summed E-state index contributed by atoms with van der Waals surface area (Å²) in [7, 11) is 4.08. The van der Waals surface area contributed by atoms with Crippen LogP contribution < -0.4 is 5.32 Å². The Labute approximate surface area is 114 Å². The second kappa shape index (κ2) is 8.16. The molecular weight excluding hydrogens is 244 g/mol. The highest BCUT2D eigenvalue weighted by Crippen LogP contribution is 2.15. The van der Waals surface area contributed by atoms with E-state index in [1.807, 2.05) is 32.3 Å². The smallest absolute Gasteiger partial charge is 0.234 e. The van der Waals surface area contributed by atoms with Crippen LogP contribution in [0, 0.1) is 0 Å². The number of hydrogen-bond acceptors (Lipinski definition) is 3. The topological polar surface area (TPSA) is 32.3 Å². The number of amides is 1. The molecule has 18 heavy (non-hydrogen) atoms. The molecule has 0 atom stereocenters. The fourth-order valence-electron chi connectivity index (χ4n) is 1.55. The number of aryl methyl sites for hydroxylation is 1. The van der Waals surface area contributed by atoms with Gasteiger partial charge in [0.1, 0.15) is 0 Å². The molecule has 0 saturated carbocycles. The summed E-state index contributed by atoms with van der Waals surface area (Å²) in [6.07, 6.45) is 0.935. The van der Waals surface area contributed by atoms with Crippen molar-refractivity contribution in [2.24, 2.45) is 0 Å². The number of carbonyl (C=O) groups is 1. The molecule has 100 valence electrons. The van der Waals surface area contributed by atoms with Gasteiger partial charge in [-0.1, -0.05) is 25.1 Å². The molecular formula is C14H22N2OS. The summed E-state index contributed by atoms with van der Waals surface area (Å²) < 4.78 is 0. The van der Waals surface area contributed by atoms with Crippen molar-refractivity contribution in [3.8, 4) is 0 Å². The largest absolute Gasteiger partial charge is 0.325 e. The maximum atomic E-state index is 11.8. The van der Waals surface area contributed by atoms with Crippen LogP contribution >= 0.6 is 11.8 Å². The first-order chi connectivity index (χ1) is 8.63. The normalized spacial score (nSPS) is 10.7. The quantitative estimate of drug-likeness (QED) is 0.770. The maximum absolute atomic E-state index is 11.8. The third-order valence-corrected chi connectivity index (χ3v) is 3.53. The standard InChI is InChI=1S/C14H22N2OS/c1-4-12-7-5-6-8-13(12)15-14(17)11-18-10-9-16(2)3/h5-8H,4,9-11H2,1-3H3,(H,15,17). The third kappa shape index (κ3) is 5.56. The lowest BCUT2D eigenvalue weighted by molar-refractivity contribution is -0.113. The fourth-order valence-corrected chi connectivity index (χ4v) is 2.44. The van der Waals surface area contributed by atoms with Crippen molar-refractivity contribution >= 4 is 23.4 Å². The van der Waals surface area contributed by atoms with Gasteiger partial charge < -0.3 is 10.2 Å². The zero-order valence-corrected chi connectivity index (χ0v) is 12.2. The van der Waals surface area contributed by atoms with Gasteiger partial charge in [-0.2, -0.15) is 11.8 Å². The second-order valence-electron chi connectivity index (χ2n) is 4.41. The number of anilines is 1. The van der Waals surface area contributed by atoms with E-state index in [1.165, 1.54) is 5.56 Å². The molecule has 4 heteroatoms. The number of nitrogens with zero attached hydrogens (tertiary/aromatic N) is 1. The first-order valence-electron chi connectivity index (χ1n) is 6.23. The minimum absolute atomic E-state index is 0.0830. The number of nitrogens with one attached hydrogen (secondary N) is 1. The van der Waals surface area contributed by atoms with Gasteiger partial charge in [-0.15, -0.1) is 0 Å². The molecule has 3 nitrogen and oxygen atoms in total. The molecule has 1 amide bonds. The summed E-state index contributed by atoms with van der Waals surface area (Å²) in [5, 5.41) is 2.98. The Morgan fingerprint density at radius 1 is 1.33 bits per heavy atom. The minimum atomic E-state index is 0.0830. The number of hydrogen-bond donors (Lipinski definition) is 1. The van der Waals surface area contributed by atoms with Crippen LogP contribution in [0.25, 0.3) is 0 Å². The van der Waals surface area contributed by atoms with Gasteiger partial charge in [0.05, 0.1) is 5.75 Å². The van der Waals surface area contributed by atoms with Crippen LogP contribution in [-0.4, -0.2) is 43.0 Å². The molecule has 0 aliphatic carbocycles. The molecule has 1 aromatic rings. The van der Waals surface area contributed by atoms with Gasteiger partial charge in [0.25, 0.3) is 0 Å².